The Morgan fingerprint density at radius 3 is 2.61 bits per heavy atom. The van der Waals surface area contributed by atoms with E-state index in [2.05, 4.69) is 9.97 Å². The monoisotopic (exact) mass is 379 g/mol. The second-order valence-corrected chi connectivity index (χ2v) is 6.70. The summed E-state index contributed by atoms with van der Waals surface area (Å²) in [7, 11) is 1.89. The lowest BCUT2D eigenvalue weighted by Gasteiger charge is -2.21. The molecule has 0 atom stereocenters. The first-order valence-corrected chi connectivity index (χ1v) is 8.48. The lowest BCUT2D eigenvalue weighted by atomic mass is 10.1. The number of pyridine rings is 1. The predicted molar refractivity (Wildman–Crippen MR) is 102 cm³/mol. The van der Waals surface area contributed by atoms with Gasteiger partial charge >= 0.3 is 11.9 Å². The largest absolute Gasteiger partial charge is 0.478 e. The third-order valence-electron chi connectivity index (χ3n) is 4.78. The van der Waals surface area contributed by atoms with Crippen LogP contribution in [0.25, 0.3) is 33.2 Å². The van der Waals surface area contributed by atoms with Crippen molar-refractivity contribution in [2.45, 2.75) is 12.5 Å². The summed E-state index contributed by atoms with van der Waals surface area (Å²) in [4.78, 5) is 30.4. The van der Waals surface area contributed by atoms with Crippen molar-refractivity contribution in [2.24, 2.45) is 7.05 Å². The molecular weight excluding hydrogens is 362 g/mol. The van der Waals surface area contributed by atoms with Crippen molar-refractivity contribution >= 4 is 33.9 Å². The number of hydrogen-bond acceptors (Lipinski definition) is 4. The Morgan fingerprint density at radius 2 is 1.93 bits per heavy atom. The van der Waals surface area contributed by atoms with Crippen LogP contribution in [-0.2, 0) is 16.6 Å². The van der Waals surface area contributed by atoms with E-state index in [-0.39, 0.29) is 5.75 Å². The molecule has 4 rings (SSSR count). The van der Waals surface area contributed by atoms with Crippen LogP contribution in [0.5, 0.6) is 5.75 Å². The van der Waals surface area contributed by atoms with Crippen molar-refractivity contribution in [2.75, 3.05) is 0 Å². The number of hydrogen-bond donors (Lipinski definition) is 3. The van der Waals surface area contributed by atoms with Crippen LogP contribution in [0.3, 0.4) is 0 Å². The molecule has 8 nitrogen and oxygen atoms in total. The van der Waals surface area contributed by atoms with E-state index in [0.29, 0.717) is 0 Å². The zero-order valence-corrected chi connectivity index (χ0v) is 15.1. The first-order chi connectivity index (χ1) is 13.3. The molecule has 0 saturated carbocycles. The number of aromatic amines is 1. The van der Waals surface area contributed by atoms with E-state index in [1.165, 1.54) is 0 Å². The predicted octanol–water partition coefficient (Wildman–Crippen LogP) is 3.03. The van der Waals surface area contributed by atoms with Gasteiger partial charge in [-0.2, -0.15) is 0 Å². The van der Waals surface area contributed by atoms with Crippen LogP contribution in [0.4, 0.5) is 0 Å². The van der Waals surface area contributed by atoms with Gasteiger partial charge in [-0.25, -0.2) is 14.6 Å². The van der Waals surface area contributed by atoms with Gasteiger partial charge in [0.25, 0.3) is 5.60 Å². The Labute approximate surface area is 159 Å². The maximum atomic E-state index is 11.4. The lowest BCUT2D eigenvalue weighted by molar-refractivity contribution is -0.170. The first kappa shape index (κ1) is 17.6. The maximum absolute atomic E-state index is 11.4. The minimum Gasteiger partial charge on any atom is -0.478 e. The third-order valence-corrected chi connectivity index (χ3v) is 4.78. The highest BCUT2D eigenvalue weighted by atomic mass is 16.6. The Morgan fingerprint density at radius 1 is 1.18 bits per heavy atom. The smallest absolute Gasteiger partial charge is 0.359 e. The van der Waals surface area contributed by atoms with E-state index in [1.807, 2.05) is 36.0 Å². The van der Waals surface area contributed by atoms with E-state index in [9.17, 15) is 19.8 Å². The van der Waals surface area contributed by atoms with Gasteiger partial charge < -0.3 is 24.5 Å². The van der Waals surface area contributed by atoms with Crippen LogP contribution >= 0.6 is 0 Å². The van der Waals surface area contributed by atoms with Gasteiger partial charge in [-0.05, 0) is 43.3 Å². The molecule has 0 aliphatic carbocycles. The maximum Gasteiger partial charge on any atom is 0.359 e. The Bertz CT molecular complexity index is 1190. The number of aryl methyl sites for hydroxylation is 1. The third kappa shape index (κ3) is 2.66. The molecule has 142 valence electrons. The number of benzene rings is 1. The minimum atomic E-state index is -2.38. The van der Waals surface area contributed by atoms with Gasteiger partial charge in [0, 0.05) is 47.0 Å². The molecule has 0 aliphatic heterocycles. The molecule has 3 heterocycles. The number of carboxylic acids is 2. The lowest BCUT2D eigenvalue weighted by Crippen LogP contribution is -2.49. The quantitative estimate of drug-likeness (QED) is 0.459. The highest BCUT2D eigenvalue weighted by Gasteiger charge is 2.44. The number of carboxylic acid groups (broad SMARTS) is 2. The van der Waals surface area contributed by atoms with Crippen molar-refractivity contribution in [3.05, 3.63) is 48.8 Å². The number of carbonyl (C=O) groups is 2. The number of ether oxygens (including phenoxy) is 1. The van der Waals surface area contributed by atoms with Gasteiger partial charge in [0.05, 0.1) is 0 Å². The molecule has 4 aromatic rings. The molecular formula is C20H17N3O5. The van der Waals surface area contributed by atoms with Gasteiger partial charge in [0.2, 0.25) is 0 Å². The zero-order chi connectivity index (χ0) is 20.1. The van der Waals surface area contributed by atoms with Crippen LogP contribution in [0.2, 0.25) is 0 Å². The molecule has 0 amide bonds. The molecule has 0 radical (unpaired) electrons. The van der Waals surface area contributed by atoms with Gasteiger partial charge in [0.15, 0.2) is 0 Å². The molecule has 3 N–H and O–H groups in total. The fourth-order valence-electron chi connectivity index (χ4n) is 3.17. The van der Waals surface area contributed by atoms with Gasteiger partial charge in [-0.1, -0.05) is 0 Å². The van der Waals surface area contributed by atoms with Crippen LogP contribution < -0.4 is 4.74 Å². The highest BCUT2D eigenvalue weighted by molar-refractivity contribution is 6.02. The fourth-order valence-corrected chi connectivity index (χ4v) is 3.17. The molecule has 1 aromatic carbocycles. The van der Waals surface area contributed by atoms with Crippen LogP contribution in [-0.4, -0.2) is 42.3 Å². The summed E-state index contributed by atoms with van der Waals surface area (Å²) in [6, 6.07) is 10.7. The Kier molecular flexibility index (Phi) is 3.85. The standard InChI is InChI=1S/C20H17N3O5/c1-20(18(24)25,19(26)27)28-12-5-6-16-13(9-12)14(10-23(16)2)15-8-11-4-3-7-21-17(11)22-15/h3-10H,1-2H3,(H,21,22)(H,24,25)(H,26,27). The molecule has 0 spiro atoms. The van der Waals surface area contributed by atoms with E-state index in [0.717, 1.165) is 40.1 Å². The summed E-state index contributed by atoms with van der Waals surface area (Å²) >= 11 is 0. The molecule has 28 heavy (non-hydrogen) atoms. The topological polar surface area (TPSA) is 117 Å². The normalized spacial score (nSPS) is 11.8. The highest BCUT2D eigenvalue weighted by Crippen LogP contribution is 2.34. The average Bonchev–Trinajstić information content (AvgIpc) is 3.22. The number of fused-ring (bicyclic) bond motifs is 2. The van der Waals surface area contributed by atoms with E-state index in [1.54, 1.807) is 24.4 Å². The second kappa shape index (κ2) is 6.12. The van der Waals surface area contributed by atoms with E-state index < -0.39 is 17.5 Å². The number of rotatable bonds is 5. The molecule has 3 aromatic heterocycles. The van der Waals surface area contributed by atoms with Gasteiger partial charge in [0.1, 0.15) is 11.4 Å². The summed E-state index contributed by atoms with van der Waals surface area (Å²) in [6.45, 7) is 1.01. The second-order valence-electron chi connectivity index (χ2n) is 6.70. The summed E-state index contributed by atoms with van der Waals surface area (Å²) < 4.78 is 7.29. The molecule has 0 aliphatic rings. The van der Waals surface area contributed by atoms with Crippen LogP contribution in [0.1, 0.15) is 6.92 Å². The molecule has 0 bridgehead atoms. The SMILES string of the molecule is Cn1cc(-c2cc3cccnc3[nH]2)c2cc(OC(C)(C(=O)O)C(=O)O)ccc21. The molecule has 0 fully saturated rings. The fraction of sp³-hybridized carbons (Fsp3) is 0.150. The van der Waals surface area contributed by atoms with Crippen molar-refractivity contribution in [3.63, 3.8) is 0 Å². The number of nitrogens with one attached hydrogen (secondary N) is 1. The van der Waals surface area contributed by atoms with E-state index >= 15 is 0 Å². The summed E-state index contributed by atoms with van der Waals surface area (Å²) in [5.41, 5.74) is 0.977. The van der Waals surface area contributed by atoms with Crippen molar-refractivity contribution in [1.82, 2.24) is 14.5 Å². The van der Waals surface area contributed by atoms with Crippen LogP contribution in [0.15, 0.2) is 48.8 Å². The van der Waals surface area contributed by atoms with E-state index in [4.69, 9.17) is 4.74 Å². The summed E-state index contributed by atoms with van der Waals surface area (Å²) in [5.74, 6) is -2.99. The van der Waals surface area contributed by atoms with Crippen LogP contribution in [0, 0.1) is 0 Å². The summed E-state index contributed by atoms with van der Waals surface area (Å²) in [6.07, 6.45) is 3.64. The first-order valence-electron chi connectivity index (χ1n) is 8.48. The molecule has 8 heteroatoms. The Hall–Kier alpha value is -3.81. The van der Waals surface area contributed by atoms with Crippen molar-refractivity contribution in [3.8, 4) is 17.0 Å². The molecule has 0 unspecified atom stereocenters. The number of H-pyrrole nitrogens is 1. The van der Waals surface area contributed by atoms with Gasteiger partial charge in [-0.15, -0.1) is 0 Å². The number of nitrogens with zero attached hydrogens (tertiary/aromatic N) is 2. The molecule has 0 saturated heterocycles. The number of aliphatic carboxylic acids is 2. The van der Waals surface area contributed by atoms with Crippen molar-refractivity contribution < 1.29 is 24.5 Å². The minimum absolute atomic E-state index is 0.154. The summed E-state index contributed by atoms with van der Waals surface area (Å²) in [5, 5.41) is 20.3. The average molecular weight is 379 g/mol. The number of aromatic nitrogens is 3. The Balaban J connectivity index is 1.84. The van der Waals surface area contributed by atoms with Crippen molar-refractivity contribution in [1.29, 1.82) is 0 Å². The zero-order valence-electron chi connectivity index (χ0n) is 15.1. The van der Waals surface area contributed by atoms with Gasteiger partial charge in [-0.3, -0.25) is 0 Å².